The van der Waals surface area contributed by atoms with Crippen LogP contribution in [0.5, 0.6) is 5.75 Å². The monoisotopic (exact) mass is 403 g/mol. The van der Waals surface area contributed by atoms with Gasteiger partial charge in [-0.25, -0.2) is 8.42 Å². The van der Waals surface area contributed by atoms with Gasteiger partial charge in [-0.05, 0) is 12.1 Å². The van der Waals surface area contributed by atoms with Crippen LogP contribution in [0.2, 0.25) is 0 Å². The molecule has 2 rings (SSSR count). The number of hydrogen-bond donors (Lipinski definition) is 3. The number of aliphatic hydroxyl groups excluding tert-OH is 3. The van der Waals surface area contributed by atoms with Crippen molar-refractivity contribution in [3.8, 4) is 5.75 Å². The van der Waals surface area contributed by atoms with Crippen LogP contribution in [-0.4, -0.2) is 70.5 Å². The molecule has 1 heterocycles. The molecule has 0 unspecified atom stereocenters. The van der Waals surface area contributed by atoms with E-state index in [1.54, 1.807) is 0 Å². The molecule has 0 aliphatic carbocycles. The zero-order chi connectivity index (χ0) is 18.8. The van der Waals surface area contributed by atoms with E-state index in [2.05, 4.69) is 4.18 Å². The number of non-ortho nitro benzene ring substituents is 1. The summed E-state index contributed by atoms with van der Waals surface area (Å²) in [6.45, 7) is -0.906. The normalized spacial score (nSPS) is 28.8. The molecule has 0 radical (unpaired) electrons. The van der Waals surface area contributed by atoms with Crippen LogP contribution < -0.4 is 34.3 Å². The Bertz CT molecular complexity index is 712. The molecule has 0 amide bonds. The first-order chi connectivity index (χ1) is 11.6. The molecular formula is C12H14NNaO11S. The second-order valence-corrected chi connectivity index (χ2v) is 6.13. The zero-order valence-corrected chi connectivity index (χ0v) is 16.2. The van der Waals surface area contributed by atoms with E-state index in [9.17, 15) is 38.4 Å². The number of benzene rings is 1. The molecule has 1 fully saturated rings. The summed E-state index contributed by atoms with van der Waals surface area (Å²) in [5, 5.41) is 40.0. The summed E-state index contributed by atoms with van der Waals surface area (Å²) in [6, 6.07) is 4.67. The Hall–Kier alpha value is -0.870. The van der Waals surface area contributed by atoms with Crippen LogP contribution in [0.4, 0.5) is 5.69 Å². The van der Waals surface area contributed by atoms with Crippen molar-refractivity contribution in [2.24, 2.45) is 0 Å². The number of nitrogens with zero attached hydrogens (tertiary/aromatic N) is 1. The SMILES string of the molecule is O=[N+]([O-])c1ccc(O[C@H]2O[C@H](COS(=O)(=O)[O-])[C@@H](O)[C@H](O)[C@H]2O)cc1.[Na+]. The van der Waals surface area contributed by atoms with Crippen LogP contribution >= 0.6 is 0 Å². The van der Waals surface area contributed by atoms with Crippen LogP contribution in [0.3, 0.4) is 0 Å². The minimum absolute atomic E-state index is 0. The van der Waals surface area contributed by atoms with Crippen molar-refractivity contribution in [2.75, 3.05) is 6.61 Å². The Morgan fingerprint density at radius 1 is 1.12 bits per heavy atom. The van der Waals surface area contributed by atoms with Crippen LogP contribution in [0.15, 0.2) is 24.3 Å². The maximum Gasteiger partial charge on any atom is 1.00 e. The van der Waals surface area contributed by atoms with Crippen LogP contribution in [0.1, 0.15) is 0 Å². The molecule has 0 aromatic heterocycles. The molecule has 0 bridgehead atoms. The summed E-state index contributed by atoms with van der Waals surface area (Å²) in [5.41, 5.74) is -0.208. The van der Waals surface area contributed by atoms with E-state index in [1.807, 2.05) is 0 Å². The minimum atomic E-state index is -5.06. The van der Waals surface area contributed by atoms with E-state index in [-0.39, 0.29) is 41.0 Å². The van der Waals surface area contributed by atoms with Gasteiger partial charge in [0.15, 0.2) is 0 Å². The fourth-order valence-corrected chi connectivity index (χ4v) is 2.38. The predicted molar refractivity (Wildman–Crippen MR) is 76.1 cm³/mol. The maximum atomic E-state index is 10.6. The molecule has 14 heteroatoms. The van der Waals surface area contributed by atoms with E-state index in [4.69, 9.17) is 9.47 Å². The standard InChI is InChI=1S/C12H15NO11S.Na/c14-9-8(5-22-25(19,20)21)24-12(11(16)10(9)15)23-7-3-1-6(2-4-7)13(17)18;/h1-4,8-12,14-16H,5H2,(H,19,20,21);/q;+1/p-1/t8-,9-,10+,11-,12+;/m1./s1. The van der Waals surface area contributed by atoms with Crippen molar-refractivity contribution in [1.82, 2.24) is 0 Å². The second-order valence-electron chi connectivity index (χ2n) is 5.08. The predicted octanol–water partition coefficient (Wildman–Crippen LogP) is -4.74. The van der Waals surface area contributed by atoms with Crippen molar-refractivity contribution in [3.05, 3.63) is 34.4 Å². The fraction of sp³-hybridized carbons (Fsp3) is 0.500. The number of aliphatic hydroxyl groups is 3. The molecule has 1 aromatic carbocycles. The van der Waals surface area contributed by atoms with Gasteiger partial charge in [0.05, 0.1) is 11.5 Å². The number of nitro benzene ring substituents is 1. The molecule has 1 aromatic rings. The van der Waals surface area contributed by atoms with E-state index in [0.717, 1.165) is 12.1 Å². The first-order valence-electron chi connectivity index (χ1n) is 6.79. The third-order valence-corrected chi connectivity index (χ3v) is 3.77. The number of hydrogen-bond acceptors (Lipinski definition) is 11. The van der Waals surface area contributed by atoms with Crippen molar-refractivity contribution >= 4 is 16.1 Å². The van der Waals surface area contributed by atoms with Crippen molar-refractivity contribution in [3.63, 3.8) is 0 Å². The summed E-state index contributed by atoms with van der Waals surface area (Å²) >= 11 is 0. The van der Waals surface area contributed by atoms with Gasteiger partial charge in [0.25, 0.3) is 5.69 Å². The first kappa shape index (κ1) is 23.2. The fourth-order valence-electron chi connectivity index (χ4n) is 2.08. The summed E-state index contributed by atoms with van der Waals surface area (Å²) in [4.78, 5) is 9.95. The summed E-state index contributed by atoms with van der Waals surface area (Å²) < 4.78 is 45.7. The third-order valence-electron chi connectivity index (χ3n) is 3.34. The summed E-state index contributed by atoms with van der Waals surface area (Å²) in [7, 11) is -5.06. The maximum absolute atomic E-state index is 10.6. The van der Waals surface area contributed by atoms with Gasteiger partial charge < -0.3 is 29.3 Å². The Labute approximate surface area is 169 Å². The van der Waals surface area contributed by atoms with Gasteiger partial charge in [-0.2, -0.15) is 0 Å². The van der Waals surface area contributed by atoms with E-state index >= 15 is 0 Å². The number of nitro groups is 1. The quantitative estimate of drug-likeness (QED) is 0.136. The largest absolute Gasteiger partial charge is 1.00 e. The third kappa shape index (κ3) is 6.09. The van der Waals surface area contributed by atoms with Gasteiger partial charge in [-0.3, -0.25) is 14.3 Å². The van der Waals surface area contributed by atoms with Crippen LogP contribution in [0.25, 0.3) is 0 Å². The van der Waals surface area contributed by atoms with Gasteiger partial charge in [-0.1, -0.05) is 0 Å². The van der Waals surface area contributed by atoms with Crippen molar-refractivity contribution in [2.45, 2.75) is 30.7 Å². The first-order valence-corrected chi connectivity index (χ1v) is 8.13. The van der Waals surface area contributed by atoms with Crippen LogP contribution in [0, 0.1) is 10.1 Å². The average Bonchev–Trinajstić information content (AvgIpc) is 2.54. The van der Waals surface area contributed by atoms with Gasteiger partial charge in [0, 0.05) is 12.1 Å². The Morgan fingerprint density at radius 3 is 2.19 bits per heavy atom. The zero-order valence-electron chi connectivity index (χ0n) is 13.4. The van der Waals surface area contributed by atoms with Crippen LogP contribution in [-0.2, 0) is 19.3 Å². The molecule has 1 aliphatic rings. The molecule has 26 heavy (non-hydrogen) atoms. The van der Waals surface area contributed by atoms with Crippen molar-refractivity contribution < 1.29 is 76.4 Å². The number of rotatable bonds is 6. The molecule has 12 nitrogen and oxygen atoms in total. The van der Waals surface area contributed by atoms with E-state index in [1.165, 1.54) is 12.1 Å². The van der Waals surface area contributed by atoms with Gasteiger partial charge in [0.2, 0.25) is 16.7 Å². The van der Waals surface area contributed by atoms with Gasteiger partial charge >= 0.3 is 29.6 Å². The molecule has 5 atom stereocenters. The summed E-state index contributed by atoms with van der Waals surface area (Å²) in [5.74, 6) is 0.0364. The van der Waals surface area contributed by atoms with Gasteiger partial charge in [-0.15, -0.1) is 0 Å². The Balaban J connectivity index is 0.00000338. The number of ether oxygens (including phenoxy) is 2. The molecule has 1 aliphatic heterocycles. The molecule has 140 valence electrons. The molecule has 3 N–H and O–H groups in total. The Kier molecular flexibility index (Phi) is 8.34. The van der Waals surface area contributed by atoms with E-state index in [0.29, 0.717) is 0 Å². The Morgan fingerprint density at radius 2 is 1.69 bits per heavy atom. The molecule has 0 spiro atoms. The smallest absolute Gasteiger partial charge is 0.726 e. The summed E-state index contributed by atoms with van der Waals surface area (Å²) in [6.07, 6.45) is -8.27. The molecular weight excluding hydrogens is 389 g/mol. The van der Waals surface area contributed by atoms with Gasteiger partial charge in [0.1, 0.15) is 30.2 Å². The topological polar surface area (TPSA) is 189 Å². The molecule has 1 saturated heterocycles. The van der Waals surface area contributed by atoms with Crippen molar-refractivity contribution in [1.29, 1.82) is 0 Å². The van der Waals surface area contributed by atoms with E-state index < -0.39 is 52.6 Å². The average molecular weight is 403 g/mol. The molecule has 0 saturated carbocycles. The second kappa shape index (κ2) is 9.36. The minimum Gasteiger partial charge on any atom is -0.726 e.